The number of hydrogen-bond donors (Lipinski definition) is 1. The standard InChI is InChI=1S/C26H25N3O4S/c1-16-14-22(16)23-13-12-20(33-23)15-29(19-10-11-19)26(30)17-6-8-18(9-7-17)27-25-21-4-2-3-5-24(21)34(31,32)28-25/h2-9,12-13,16,19,22H,10-11,14-15H2,1H3,(H,27,28). The predicted molar refractivity (Wildman–Crippen MR) is 128 cm³/mol. The molecular formula is C26H25N3O4S. The van der Waals surface area contributed by atoms with Crippen LogP contribution in [0, 0.1) is 5.92 Å². The van der Waals surface area contributed by atoms with Gasteiger partial charge >= 0.3 is 0 Å². The monoisotopic (exact) mass is 475 g/mol. The Kier molecular flexibility index (Phi) is 4.88. The summed E-state index contributed by atoms with van der Waals surface area (Å²) >= 11 is 0. The molecular weight excluding hydrogens is 450 g/mol. The summed E-state index contributed by atoms with van der Waals surface area (Å²) in [7, 11) is -3.69. The van der Waals surface area contributed by atoms with Gasteiger partial charge in [0.25, 0.3) is 15.9 Å². The molecule has 0 saturated heterocycles. The van der Waals surface area contributed by atoms with E-state index in [4.69, 9.17) is 4.42 Å². The quantitative estimate of drug-likeness (QED) is 0.555. The van der Waals surface area contributed by atoms with E-state index >= 15 is 0 Å². The van der Waals surface area contributed by atoms with E-state index in [9.17, 15) is 13.2 Å². The van der Waals surface area contributed by atoms with E-state index in [2.05, 4.69) is 16.6 Å². The number of nitrogens with zero attached hydrogens (tertiary/aromatic N) is 2. The zero-order valence-corrected chi connectivity index (χ0v) is 19.6. The van der Waals surface area contributed by atoms with Crippen molar-refractivity contribution < 1.29 is 17.6 Å². The third-order valence-corrected chi connectivity index (χ3v) is 8.09. The molecule has 7 nitrogen and oxygen atoms in total. The molecule has 2 saturated carbocycles. The minimum absolute atomic E-state index is 0.0297. The van der Waals surface area contributed by atoms with Crippen molar-refractivity contribution in [3.8, 4) is 0 Å². The van der Waals surface area contributed by atoms with Crippen LogP contribution in [0.4, 0.5) is 5.69 Å². The van der Waals surface area contributed by atoms with Gasteiger partial charge < -0.3 is 14.6 Å². The van der Waals surface area contributed by atoms with Gasteiger partial charge in [0.2, 0.25) is 0 Å². The van der Waals surface area contributed by atoms with E-state index in [0.29, 0.717) is 35.2 Å². The Bertz CT molecular complexity index is 1400. The third-order valence-electron chi connectivity index (χ3n) is 6.76. The summed E-state index contributed by atoms with van der Waals surface area (Å²) in [6.07, 6.45) is 3.18. The van der Waals surface area contributed by atoms with Gasteiger partial charge in [0.15, 0.2) is 5.84 Å². The van der Waals surface area contributed by atoms with Crippen LogP contribution >= 0.6 is 0 Å². The maximum atomic E-state index is 13.3. The smallest absolute Gasteiger partial charge is 0.285 e. The van der Waals surface area contributed by atoms with E-state index in [1.165, 1.54) is 6.42 Å². The summed E-state index contributed by atoms with van der Waals surface area (Å²) in [5.41, 5.74) is 1.79. The molecule has 3 aliphatic rings. The molecule has 3 aromatic rings. The summed E-state index contributed by atoms with van der Waals surface area (Å²) in [5, 5.41) is 3.08. The molecule has 2 atom stereocenters. The van der Waals surface area contributed by atoms with Crippen LogP contribution in [0.1, 0.15) is 59.5 Å². The second-order valence-corrected chi connectivity index (χ2v) is 11.0. The summed E-state index contributed by atoms with van der Waals surface area (Å²) in [6.45, 7) is 2.69. The Hall–Kier alpha value is -3.39. The van der Waals surface area contributed by atoms with Crippen molar-refractivity contribution in [1.29, 1.82) is 0 Å². The second kappa shape index (κ2) is 7.84. The fourth-order valence-electron chi connectivity index (χ4n) is 4.51. The molecule has 1 N–H and O–H groups in total. The second-order valence-electron chi connectivity index (χ2n) is 9.40. The fraction of sp³-hybridized carbons (Fsp3) is 0.308. The number of nitrogens with one attached hydrogen (secondary N) is 1. The minimum atomic E-state index is -3.69. The van der Waals surface area contributed by atoms with Gasteiger partial charge in [-0.3, -0.25) is 4.79 Å². The predicted octanol–water partition coefficient (Wildman–Crippen LogP) is 4.77. The molecule has 1 aliphatic heterocycles. The summed E-state index contributed by atoms with van der Waals surface area (Å²) in [6, 6.07) is 18.1. The molecule has 2 unspecified atom stereocenters. The van der Waals surface area contributed by atoms with Crippen molar-refractivity contribution in [1.82, 2.24) is 4.90 Å². The molecule has 0 spiro atoms. The largest absolute Gasteiger partial charge is 0.464 e. The van der Waals surface area contributed by atoms with Crippen molar-refractivity contribution in [3.63, 3.8) is 0 Å². The van der Waals surface area contributed by atoms with E-state index in [1.54, 1.807) is 48.5 Å². The lowest BCUT2D eigenvalue weighted by atomic mass is 10.1. The van der Waals surface area contributed by atoms with E-state index in [1.807, 2.05) is 17.0 Å². The normalized spacial score (nSPS) is 22.1. The Balaban J connectivity index is 1.17. The van der Waals surface area contributed by atoms with Crippen molar-refractivity contribution in [3.05, 3.63) is 83.3 Å². The molecule has 2 heterocycles. The lowest BCUT2D eigenvalue weighted by molar-refractivity contribution is 0.0716. The van der Waals surface area contributed by atoms with Crippen LogP contribution in [0.3, 0.4) is 0 Å². The van der Waals surface area contributed by atoms with Gasteiger partial charge in [-0.25, -0.2) is 0 Å². The van der Waals surface area contributed by atoms with Gasteiger partial charge in [0, 0.05) is 28.8 Å². The summed E-state index contributed by atoms with van der Waals surface area (Å²) < 4.78 is 34.4. The van der Waals surface area contributed by atoms with Gasteiger partial charge in [-0.2, -0.15) is 8.42 Å². The number of rotatable bonds is 6. The molecule has 34 heavy (non-hydrogen) atoms. The van der Waals surface area contributed by atoms with E-state index < -0.39 is 10.0 Å². The Labute approximate surface area is 198 Å². The number of amides is 1. The number of amidine groups is 1. The maximum Gasteiger partial charge on any atom is 0.285 e. The number of carbonyl (C=O) groups is 1. The molecule has 0 radical (unpaired) electrons. The van der Waals surface area contributed by atoms with Crippen LogP contribution in [0.2, 0.25) is 0 Å². The first-order valence-corrected chi connectivity index (χ1v) is 13.0. The highest BCUT2D eigenvalue weighted by atomic mass is 32.2. The zero-order chi connectivity index (χ0) is 23.4. The number of fused-ring (bicyclic) bond motifs is 1. The van der Waals surface area contributed by atoms with E-state index in [-0.39, 0.29) is 22.7 Å². The van der Waals surface area contributed by atoms with Gasteiger partial charge in [0.05, 0.1) is 6.54 Å². The first-order chi connectivity index (χ1) is 16.4. The first-order valence-electron chi connectivity index (χ1n) is 11.6. The zero-order valence-electron chi connectivity index (χ0n) is 18.8. The molecule has 8 heteroatoms. The number of hydrogen-bond acceptors (Lipinski definition) is 5. The average Bonchev–Trinajstić information content (AvgIpc) is 3.74. The number of carbonyl (C=O) groups excluding carboxylic acids is 1. The highest BCUT2D eigenvalue weighted by molar-refractivity contribution is 7.90. The lowest BCUT2D eigenvalue weighted by Crippen LogP contribution is -2.32. The van der Waals surface area contributed by atoms with Crippen LogP contribution in [0.25, 0.3) is 0 Å². The van der Waals surface area contributed by atoms with Crippen LogP contribution in [0.15, 0.2) is 74.4 Å². The Morgan fingerprint density at radius 2 is 1.82 bits per heavy atom. The molecule has 1 aromatic heterocycles. The van der Waals surface area contributed by atoms with E-state index in [0.717, 1.165) is 24.4 Å². The number of benzene rings is 2. The highest BCUT2D eigenvalue weighted by Crippen LogP contribution is 2.47. The van der Waals surface area contributed by atoms with Gasteiger partial charge in [-0.05, 0) is 73.7 Å². The Morgan fingerprint density at radius 1 is 1.09 bits per heavy atom. The molecule has 2 aliphatic carbocycles. The van der Waals surface area contributed by atoms with Crippen molar-refractivity contribution >= 4 is 27.5 Å². The number of furan rings is 1. The van der Waals surface area contributed by atoms with Gasteiger partial charge in [0.1, 0.15) is 16.4 Å². The molecule has 1 amide bonds. The maximum absolute atomic E-state index is 13.3. The van der Waals surface area contributed by atoms with Gasteiger partial charge in [-0.1, -0.05) is 19.1 Å². The van der Waals surface area contributed by atoms with Crippen molar-refractivity contribution in [2.75, 3.05) is 5.32 Å². The number of anilines is 1. The summed E-state index contributed by atoms with van der Waals surface area (Å²) in [4.78, 5) is 15.4. The number of sulfonamides is 1. The molecule has 0 bridgehead atoms. The highest BCUT2D eigenvalue weighted by Gasteiger charge is 2.38. The summed E-state index contributed by atoms with van der Waals surface area (Å²) in [5.74, 6) is 3.30. The van der Waals surface area contributed by atoms with Crippen molar-refractivity contribution in [2.24, 2.45) is 10.3 Å². The van der Waals surface area contributed by atoms with Crippen LogP contribution in [0.5, 0.6) is 0 Å². The molecule has 2 fully saturated rings. The van der Waals surface area contributed by atoms with Crippen molar-refractivity contribution in [2.45, 2.75) is 49.6 Å². The average molecular weight is 476 g/mol. The van der Waals surface area contributed by atoms with Gasteiger partial charge in [-0.15, -0.1) is 4.40 Å². The minimum Gasteiger partial charge on any atom is -0.464 e. The van der Waals surface area contributed by atoms with Crippen LogP contribution < -0.4 is 5.32 Å². The lowest BCUT2D eigenvalue weighted by Gasteiger charge is -2.21. The Morgan fingerprint density at radius 3 is 2.53 bits per heavy atom. The fourth-order valence-corrected chi connectivity index (χ4v) is 5.69. The van der Waals surface area contributed by atoms with Crippen LogP contribution in [-0.4, -0.2) is 31.1 Å². The van der Waals surface area contributed by atoms with Crippen LogP contribution in [-0.2, 0) is 16.6 Å². The first kappa shape index (κ1) is 21.2. The third kappa shape index (κ3) is 3.92. The SMILES string of the molecule is CC1CC1c1ccc(CN(C(=O)c2ccc(NC3=NS(=O)(=O)c4ccccc43)cc2)C2CC2)o1. The molecule has 2 aromatic carbocycles. The molecule has 174 valence electrons. The topological polar surface area (TPSA) is 92.0 Å². The molecule has 6 rings (SSSR count).